The van der Waals surface area contributed by atoms with E-state index in [-0.39, 0.29) is 5.75 Å². The van der Waals surface area contributed by atoms with Crippen LogP contribution in [0.5, 0.6) is 0 Å². The molecule has 16 heavy (non-hydrogen) atoms. The van der Waals surface area contributed by atoms with Gasteiger partial charge in [-0.25, -0.2) is 8.42 Å². The molecule has 1 aliphatic rings. The maximum absolute atomic E-state index is 11.0. The highest BCUT2D eigenvalue weighted by atomic mass is 32.2. The van der Waals surface area contributed by atoms with Crippen LogP contribution >= 0.6 is 0 Å². The minimum atomic E-state index is -2.89. The van der Waals surface area contributed by atoms with E-state index in [0.717, 1.165) is 5.69 Å². The number of hydrogen-bond acceptors (Lipinski definition) is 3. The highest BCUT2D eigenvalue weighted by Crippen LogP contribution is 2.32. The minimum absolute atomic E-state index is 0.165. The van der Waals surface area contributed by atoms with Crippen molar-refractivity contribution in [3.8, 4) is 0 Å². The van der Waals surface area contributed by atoms with Crippen molar-refractivity contribution in [2.75, 3.05) is 12.0 Å². The largest absolute Gasteiger partial charge is 0.271 e. The van der Waals surface area contributed by atoms with Crippen molar-refractivity contribution in [3.05, 3.63) is 18.0 Å². The molecule has 1 saturated carbocycles. The zero-order valence-electron chi connectivity index (χ0n) is 9.59. The molecular weight excluding hydrogens is 224 g/mol. The highest BCUT2D eigenvalue weighted by Gasteiger charge is 2.19. The Bertz CT molecular complexity index is 444. The third kappa shape index (κ3) is 3.07. The quantitative estimate of drug-likeness (QED) is 0.805. The lowest BCUT2D eigenvalue weighted by Gasteiger charge is -2.04. The summed E-state index contributed by atoms with van der Waals surface area (Å²) >= 11 is 0. The molecule has 2 rings (SSSR count). The SMILES string of the molecule is CS(=O)(=O)CCn1ccc(C2CCCC2)n1. The van der Waals surface area contributed by atoms with Gasteiger partial charge in [0.2, 0.25) is 0 Å². The van der Waals surface area contributed by atoms with Crippen molar-refractivity contribution < 1.29 is 8.42 Å². The first kappa shape index (κ1) is 11.6. The van der Waals surface area contributed by atoms with Gasteiger partial charge in [-0.15, -0.1) is 0 Å². The molecule has 90 valence electrons. The normalized spacial score (nSPS) is 18.1. The number of nitrogens with zero attached hydrogens (tertiary/aromatic N) is 2. The predicted octanol–water partition coefficient (Wildman–Crippen LogP) is 1.59. The molecule has 5 heteroatoms. The first-order valence-corrected chi connectivity index (χ1v) is 7.82. The third-order valence-corrected chi connectivity index (χ3v) is 4.05. The van der Waals surface area contributed by atoms with Gasteiger partial charge in [-0.3, -0.25) is 4.68 Å². The first-order valence-electron chi connectivity index (χ1n) is 5.76. The molecule has 0 atom stereocenters. The Morgan fingerprint density at radius 1 is 1.44 bits per heavy atom. The van der Waals surface area contributed by atoms with E-state index in [1.54, 1.807) is 4.68 Å². The van der Waals surface area contributed by atoms with Crippen molar-refractivity contribution in [3.63, 3.8) is 0 Å². The van der Waals surface area contributed by atoms with Crippen molar-refractivity contribution in [2.24, 2.45) is 0 Å². The summed E-state index contributed by atoms with van der Waals surface area (Å²) in [4.78, 5) is 0. The Hall–Kier alpha value is -0.840. The average Bonchev–Trinajstić information content (AvgIpc) is 2.84. The Morgan fingerprint density at radius 3 is 2.75 bits per heavy atom. The summed E-state index contributed by atoms with van der Waals surface area (Å²) in [6.45, 7) is 0.464. The number of aromatic nitrogens is 2. The monoisotopic (exact) mass is 242 g/mol. The summed E-state index contributed by atoms with van der Waals surface area (Å²) < 4.78 is 23.8. The maximum Gasteiger partial charge on any atom is 0.149 e. The number of sulfone groups is 1. The van der Waals surface area contributed by atoms with E-state index in [2.05, 4.69) is 5.10 Å². The van der Waals surface area contributed by atoms with Crippen LogP contribution in [0.15, 0.2) is 12.3 Å². The van der Waals surface area contributed by atoms with Crippen molar-refractivity contribution in [2.45, 2.75) is 38.1 Å². The number of hydrogen-bond donors (Lipinski definition) is 0. The first-order chi connectivity index (χ1) is 7.54. The van der Waals surface area contributed by atoms with E-state index in [1.165, 1.54) is 31.9 Å². The molecule has 0 radical (unpaired) electrons. The fourth-order valence-corrected chi connectivity index (χ4v) is 2.72. The van der Waals surface area contributed by atoms with Gasteiger partial charge in [0.25, 0.3) is 0 Å². The maximum atomic E-state index is 11.0. The van der Waals surface area contributed by atoms with E-state index in [4.69, 9.17) is 0 Å². The van der Waals surface area contributed by atoms with Crippen molar-refractivity contribution in [1.82, 2.24) is 9.78 Å². The molecule has 0 saturated heterocycles. The zero-order valence-corrected chi connectivity index (χ0v) is 10.4. The third-order valence-electron chi connectivity index (χ3n) is 3.13. The van der Waals surface area contributed by atoms with Gasteiger partial charge < -0.3 is 0 Å². The predicted molar refractivity (Wildman–Crippen MR) is 63.1 cm³/mol. The summed E-state index contributed by atoms with van der Waals surface area (Å²) in [5.74, 6) is 0.762. The molecule has 1 aromatic heterocycles. The molecule has 0 unspecified atom stereocenters. The van der Waals surface area contributed by atoms with Gasteiger partial charge in [-0.05, 0) is 18.9 Å². The Balaban J connectivity index is 1.96. The second-order valence-corrected chi connectivity index (χ2v) is 6.87. The van der Waals surface area contributed by atoms with E-state index < -0.39 is 9.84 Å². The lowest BCUT2D eigenvalue weighted by Crippen LogP contribution is -2.12. The van der Waals surface area contributed by atoms with E-state index in [9.17, 15) is 8.42 Å². The van der Waals surface area contributed by atoms with E-state index in [0.29, 0.717) is 12.5 Å². The number of aryl methyl sites for hydroxylation is 1. The van der Waals surface area contributed by atoms with Gasteiger partial charge >= 0.3 is 0 Å². The molecule has 0 amide bonds. The number of rotatable bonds is 4. The van der Waals surface area contributed by atoms with Gasteiger partial charge in [0.05, 0.1) is 18.0 Å². The van der Waals surface area contributed by atoms with Crippen LogP contribution < -0.4 is 0 Å². The van der Waals surface area contributed by atoms with E-state index >= 15 is 0 Å². The Labute approximate surface area is 96.6 Å². The molecule has 1 aliphatic carbocycles. The van der Waals surface area contributed by atoms with Crippen LogP contribution in [0, 0.1) is 0 Å². The molecule has 1 heterocycles. The van der Waals surface area contributed by atoms with Crippen LogP contribution in [0.2, 0.25) is 0 Å². The molecule has 0 N–H and O–H groups in total. The summed E-state index contributed by atoms with van der Waals surface area (Å²) in [5.41, 5.74) is 1.13. The Kier molecular flexibility index (Phi) is 3.33. The van der Waals surface area contributed by atoms with Gasteiger partial charge in [0, 0.05) is 18.4 Å². The topological polar surface area (TPSA) is 52.0 Å². The van der Waals surface area contributed by atoms with Crippen LogP contribution in [0.1, 0.15) is 37.3 Å². The lowest BCUT2D eigenvalue weighted by atomic mass is 10.1. The molecule has 0 bridgehead atoms. The molecule has 0 aromatic carbocycles. The highest BCUT2D eigenvalue weighted by molar-refractivity contribution is 7.90. The minimum Gasteiger partial charge on any atom is -0.271 e. The average molecular weight is 242 g/mol. The van der Waals surface area contributed by atoms with Gasteiger partial charge in [-0.2, -0.15) is 5.10 Å². The zero-order chi connectivity index (χ0) is 11.6. The van der Waals surface area contributed by atoms with Gasteiger partial charge in [-0.1, -0.05) is 12.8 Å². The van der Waals surface area contributed by atoms with Crippen molar-refractivity contribution in [1.29, 1.82) is 0 Å². The lowest BCUT2D eigenvalue weighted by molar-refractivity contribution is 0.579. The van der Waals surface area contributed by atoms with Gasteiger partial charge in [0.1, 0.15) is 9.84 Å². The fourth-order valence-electron chi connectivity index (χ4n) is 2.20. The molecule has 0 aliphatic heterocycles. The van der Waals surface area contributed by atoms with Crippen LogP contribution in [0.3, 0.4) is 0 Å². The van der Waals surface area contributed by atoms with Crippen LogP contribution in [0.25, 0.3) is 0 Å². The smallest absolute Gasteiger partial charge is 0.149 e. The molecule has 0 spiro atoms. The standard InChI is InChI=1S/C11H18N2O2S/c1-16(14,15)9-8-13-7-6-11(12-13)10-4-2-3-5-10/h6-7,10H,2-5,8-9H2,1H3. The molecular formula is C11H18N2O2S. The van der Waals surface area contributed by atoms with Gasteiger partial charge in [0.15, 0.2) is 0 Å². The second kappa shape index (κ2) is 4.57. The van der Waals surface area contributed by atoms with Crippen molar-refractivity contribution >= 4 is 9.84 Å². The fraction of sp³-hybridized carbons (Fsp3) is 0.727. The van der Waals surface area contributed by atoms with Crippen LogP contribution in [0.4, 0.5) is 0 Å². The second-order valence-electron chi connectivity index (χ2n) is 4.61. The van der Waals surface area contributed by atoms with E-state index in [1.807, 2.05) is 12.3 Å². The summed E-state index contributed by atoms with van der Waals surface area (Å²) in [7, 11) is -2.89. The molecule has 1 aromatic rings. The summed E-state index contributed by atoms with van der Waals surface area (Å²) in [6, 6.07) is 2.03. The molecule has 1 fully saturated rings. The Morgan fingerprint density at radius 2 is 2.12 bits per heavy atom. The summed E-state index contributed by atoms with van der Waals surface area (Å²) in [6.07, 6.45) is 8.18. The van der Waals surface area contributed by atoms with Crippen LogP contribution in [-0.4, -0.2) is 30.2 Å². The molecule has 4 nitrogen and oxygen atoms in total. The van der Waals surface area contributed by atoms with Crippen LogP contribution in [-0.2, 0) is 16.4 Å². The summed E-state index contributed by atoms with van der Waals surface area (Å²) in [5, 5.41) is 4.45.